The van der Waals surface area contributed by atoms with E-state index in [-0.39, 0.29) is 11.7 Å². The summed E-state index contributed by atoms with van der Waals surface area (Å²) in [5, 5.41) is 7.20. The predicted octanol–water partition coefficient (Wildman–Crippen LogP) is 3.79. The second-order valence-corrected chi connectivity index (χ2v) is 4.79. The molecule has 0 saturated carbocycles. The molecule has 1 amide bonds. The van der Waals surface area contributed by atoms with Gasteiger partial charge in [0, 0.05) is 11.4 Å². The zero-order valence-electron chi connectivity index (χ0n) is 12.3. The molecule has 0 radical (unpaired) electrons. The molecule has 0 aliphatic heterocycles. The van der Waals surface area contributed by atoms with Crippen LogP contribution in [0.25, 0.3) is 0 Å². The van der Waals surface area contributed by atoms with Crippen molar-refractivity contribution < 1.29 is 9.21 Å². The van der Waals surface area contributed by atoms with Gasteiger partial charge in [-0.3, -0.25) is 4.79 Å². The van der Waals surface area contributed by atoms with Crippen LogP contribution in [0.5, 0.6) is 0 Å². The summed E-state index contributed by atoms with van der Waals surface area (Å²) < 4.78 is 4.98. The fraction of sp³-hybridized carbons (Fsp3) is 0. The number of para-hydroxylation sites is 1. The third-order valence-electron chi connectivity index (χ3n) is 3.10. The van der Waals surface area contributed by atoms with Gasteiger partial charge < -0.3 is 9.73 Å². The summed E-state index contributed by atoms with van der Waals surface area (Å²) in [6.45, 7) is 0. The van der Waals surface area contributed by atoms with Crippen LogP contribution in [0.15, 0.2) is 82.5 Å². The molecular formula is C18H15N3O2. The van der Waals surface area contributed by atoms with E-state index in [2.05, 4.69) is 15.8 Å². The molecule has 0 bridgehead atoms. The van der Waals surface area contributed by atoms with Gasteiger partial charge in [-0.2, -0.15) is 5.10 Å². The summed E-state index contributed by atoms with van der Waals surface area (Å²) in [7, 11) is 0. The van der Waals surface area contributed by atoms with Crippen molar-refractivity contribution in [3.8, 4) is 0 Å². The van der Waals surface area contributed by atoms with E-state index in [1.54, 1.807) is 18.3 Å². The summed E-state index contributed by atoms with van der Waals surface area (Å²) >= 11 is 0. The van der Waals surface area contributed by atoms with Gasteiger partial charge in [0.25, 0.3) is 0 Å². The summed E-state index contributed by atoms with van der Waals surface area (Å²) in [5.41, 5.74) is 5.29. The zero-order chi connectivity index (χ0) is 15.9. The number of hydrazone groups is 1. The molecule has 0 saturated heterocycles. The van der Waals surface area contributed by atoms with Crippen LogP contribution in [0, 0.1) is 0 Å². The van der Waals surface area contributed by atoms with Crippen LogP contribution >= 0.6 is 0 Å². The normalized spacial score (nSPS) is 10.6. The molecule has 5 nitrogen and oxygen atoms in total. The van der Waals surface area contributed by atoms with Gasteiger partial charge in [0.1, 0.15) is 0 Å². The SMILES string of the molecule is O=C(N/N=C\c1ccc(Nc2ccccc2)cc1)c1ccco1. The maximum absolute atomic E-state index is 11.6. The van der Waals surface area contributed by atoms with Gasteiger partial charge in [0.2, 0.25) is 0 Å². The van der Waals surface area contributed by atoms with Crippen LogP contribution in [-0.4, -0.2) is 12.1 Å². The molecule has 23 heavy (non-hydrogen) atoms. The molecule has 1 heterocycles. The van der Waals surface area contributed by atoms with Crippen LogP contribution in [0.2, 0.25) is 0 Å². The molecule has 0 atom stereocenters. The Labute approximate surface area is 133 Å². The first kappa shape index (κ1) is 14.6. The summed E-state index contributed by atoms with van der Waals surface area (Å²) in [6.07, 6.45) is 3.02. The maximum Gasteiger partial charge on any atom is 0.307 e. The van der Waals surface area contributed by atoms with Gasteiger partial charge in [-0.1, -0.05) is 30.3 Å². The molecule has 0 fully saturated rings. The van der Waals surface area contributed by atoms with Crippen LogP contribution in [0.4, 0.5) is 11.4 Å². The average molecular weight is 305 g/mol. The van der Waals surface area contributed by atoms with Gasteiger partial charge in [-0.05, 0) is 42.0 Å². The molecular weight excluding hydrogens is 290 g/mol. The number of carbonyl (C=O) groups excluding carboxylic acids is 1. The van der Waals surface area contributed by atoms with Crippen molar-refractivity contribution >= 4 is 23.5 Å². The fourth-order valence-corrected chi connectivity index (χ4v) is 1.97. The number of nitrogens with zero attached hydrogens (tertiary/aromatic N) is 1. The molecule has 114 valence electrons. The molecule has 5 heteroatoms. The molecule has 0 aliphatic rings. The zero-order valence-corrected chi connectivity index (χ0v) is 12.3. The average Bonchev–Trinajstić information content (AvgIpc) is 3.12. The minimum atomic E-state index is -0.381. The van der Waals surface area contributed by atoms with Crippen molar-refractivity contribution in [2.75, 3.05) is 5.32 Å². The highest BCUT2D eigenvalue weighted by atomic mass is 16.3. The Hall–Kier alpha value is -3.34. The van der Waals surface area contributed by atoms with Crippen molar-refractivity contribution in [3.05, 3.63) is 84.3 Å². The second-order valence-electron chi connectivity index (χ2n) is 4.79. The minimum Gasteiger partial charge on any atom is -0.459 e. The van der Waals surface area contributed by atoms with E-state index in [4.69, 9.17) is 4.42 Å². The van der Waals surface area contributed by atoms with E-state index in [9.17, 15) is 4.79 Å². The third kappa shape index (κ3) is 4.07. The Bertz CT molecular complexity index is 779. The van der Waals surface area contributed by atoms with E-state index >= 15 is 0 Å². The number of nitrogens with one attached hydrogen (secondary N) is 2. The predicted molar refractivity (Wildman–Crippen MR) is 89.9 cm³/mol. The summed E-state index contributed by atoms with van der Waals surface area (Å²) in [5.74, 6) is -0.154. The molecule has 1 aromatic heterocycles. The highest BCUT2D eigenvalue weighted by Gasteiger charge is 2.05. The lowest BCUT2D eigenvalue weighted by molar-refractivity contribution is 0.0927. The fourth-order valence-electron chi connectivity index (χ4n) is 1.97. The van der Waals surface area contributed by atoms with E-state index < -0.39 is 0 Å². The first-order chi connectivity index (χ1) is 11.3. The van der Waals surface area contributed by atoms with Crippen LogP contribution in [0.1, 0.15) is 16.1 Å². The quantitative estimate of drug-likeness (QED) is 0.557. The van der Waals surface area contributed by atoms with Crippen molar-refractivity contribution in [1.82, 2.24) is 5.43 Å². The Kier molecular flexibility index (Phi) is 4.49. The van der Waals surface area contributed by atoms with Crippen molar-refractivity contribution in [3.63, 3.8) is 0 Å². The summed E-state index contributed by atoms with van der Waals surface area (Å²) in [6, 6.07) is 20.9. The van der Waals surface area contributed by atoms with Gasteiger partial charge in [-0.25, -0.2) is 5.43 Å². The third-order valence-corrected chi connectivity index (χ3v) is 3.10. The number of hydrogen-bond donors (Lipinski definition) is 2. The first-order valence-electron chi connectivity index (χ1n) is 7.10. The van der Waals surface area contributed by atoms with Crippen LogP contribution in [0.3, 0.4) is 0 Å². The van der Waals surface area contributed by atoms with E-state index in [0.717, 1.165) is 16.9 Å². The minimum absolute atomic E-state index is 0.226. The van der Waals surface area contributed by atoms with Crippen LogP contribution < -0.4 is 10.7 Å². The molecule has 2 N–H and O–H groups in total. The smallest absolute Gasteiger partial charge is 0.307 e. The van der Waals surface area contributed by atoms with Crippen molar-refractivity contribution in [2.45, 2.75) is 0 Å². The lowest BCUT2D eigenvalue weighted by Crippen LogP contribution is -2.16. The number of benzene rings is 2. The van der Waals surface area contributed by atoms with Gasteiger partial charge in [0.15, 0.2) is 5.76 Å². The molecule has 0 aliphatic carbocycles. The largest absolute Gasteiger partial charge is 0.459 e. The molecule has 3 rings (SSSR count). The Morgan fingerprint density at radius 1 is 0.913 bits per heavy atom. The number of furan rings is 1. The highest BCUT2D eigenvalue weighted by molar-refractivity contribution is 5.92. The number of hydrogen-bond acceptors (Lipinski definition) is 4. The van der Waals surface area contributed by atoms with E-state index in [1.165, 1.54) is 6.26 Å². The number of carbonyl (C=O) groups is 1. The van der Waals surface area contributed by atoms with Gasteiger partial charge >= 0.3 is 5.91 Å². The topological polar surface area (TPSA) is 66.6 Å². The van der Waals surface area contributed by atoms with Crippen molar-refractivity contribution in [1.29, 1.82) is 0 Å². The number of anilines is 2. The second kappa shape index (κ2) is 7.09. The Morgan fingerprint density at radius 2 is 1.65 bits per heavy atom. The standard InChI is InChI=1S/C18H15N3O2/c22-18(17-7-4-12-23-17)21-19-13-14-8-10-16(11-9-14)20-15-5-2-1-3-6-15/h1-13,20H,(H,21,22)/b19-13-. The van der Waals surface area contributed by atoms with E-state index in [0.29, 0.717) is 0 Å². The Balaban J connectivity index is 1.57. The molecule has 3 aromatic rings. The van der Waals surface area contributed by atoms with Gasteiger partial charge in [-0.15, -0.1) is 0 Å². The van der Waals surface area contributed by atoms with Crippen molar-refractivity contribution in [2.24, 2.45) is 5.10 Å². The first-order valence-corrected chi connectivity index (χ1v) is 7.10. The monoisotopic (exact) mass is 305 g/mol. The number of amides is 1. The van der Waals surface area contributed by atoms with Crippen LogP contribution in [-0.2, 0) is 0 Å². The lowest BCUT2D eigenvalue weighted by atomic mass is 10.2. The highest BCUT2D eigenvalue weighted by Crippen LogP contribution is 2.15. The van der Waals surface area contributed by atoms with Gasteiger partial charge in [0.05, 0.1) is 12.5 Å². The lowest BCUT2D eigenvalue weighted by Gasteiger charge is -2.06. The molecule has 0 spiro atoms. The molecule has 2 aromatic carbocycles. The maximum atomic E-state index is 11.6. The summed E-state index contributed by atoms with van der Waals surface area (Å²) in [4.78, 5) is 11.6. The number of rotatable bonds is 5. The molecule has 0 unspecified atom stereocenters. The van der Waals surface area contributed by atoms with E-state index in [1.807, 2.05) is 54.6 Å². The Morgan fingerprint density at radius 3 is 2.35 bits per heavy atom.